The minimum atomic E-state index is -0.803. The second kappa shape index (κ2) is 10.9. The summed E-state index contributed by atoms with van der Waals surface area (Å²) in [7, 11) is 0. The first-order chi connectivity index (χ1) is 16.1. The van der Waals surface area contributed by atoms with Gasteiger partial charge in [0.25, 0.3) is 0 Å². The molecule has 0 spiro atoms. The predicted molar refractivity (Wildman–Crippen MR) is 129 cm³/mol. The molecule has 0 aliphatic heterocycles. The molecule has 1 heterocycles. The summed E-state index contributed by atoms with van der Waals surface area (Å²) in [6, 6.07) is 11.9. The lowest BCUT2D eigenvalue weighted by molar-refractivity contribution is -0.135. The lowest BCUT2D eigenvalue weighted by Crippen LogP contribution is -2.15. The fourth-order valence-corrected chi connectivity index (χ4v) is 4.34. The van der Waals surface area contributed by atoms with Gasteiger partial charge in [0.05, 0.1) is 19.6 Å². The van der Waals surface area contributed by atoms with Crippen molar-refractivity contribution in [1.29, 1.82) is 0 Å². The van der Waals surface area contributed by atoms with E-state index in [2.05, 4.69) is 34.6 Å². The zero-order valence-electron chi connectivity index (χ0n) is 18.9. The Balaban J connectivity index is 1.33. The smallest absolute Gasteiger partial charge is 0.307 e. The van der Waals surface area contributed by atoms with E-state index in [9.17, 15) is 9.90 Å². The van der Waals surface area contributed by atoms with E-state index in [4.69, 9.17) is 9.47 Å². The highest BCUT2D eigenvalue weighted by atomic mass is 16.5. The molecule has 33 heavy (non-hydrogen) atoms. The first-order valence-electron chi connectivity index (χ1n) is 11.5. The fraction of sp³-hybridized carbons (Fsp3) is 0.333. The van der Waals surface area contributed by atoms with Crippen LogP contribution in [0.2, 0.25) is 0 Å². The van der Waals surface area contributed by atoms with E-state index >= 15 is 0 Å². The maximum Gasteiger partial charge on any atom is 0.307 e. The number of nitrogens with zero attached hydrogens (tertiary/aromatic N) is 1. The van der Waals surface area contributed by atoms with Gasteiger partial charge in [-0.05, 0) is 60.6 Å². The Morgan fingerprint density at radius 2 is 2.09 bits per heavy atom. The van der Waals surface area contributed by atoms with Gasteiger partial charge < -0.3 is 19.9 Å². The molecule has 0 saturated carbocycles. The number of aromatic nitrogens is 1. The molecule has 0 saturated heterocycles. The average Bonchev–Trinajstić information content (AvgIpc) is 2.95. The van der Waals surface area contributed by atoms with Crippen LogP contribution in [0.5, 0.6) is 5.75 Å². The van der Waals surface area contributed by atoms with Crippen molar-refractivity contribution in [2.24, 2.45) is 11.8 Å². The fourth-order valence-electron chi connectivity index (χ4n) is 4.34. The number of aliphatic carboxylic acids is 1. The number of benzene rings is 1. The van der Waals surface area contributed by atoms with Gasteiger partial charge in [-0.1, -0.05) is 36.4 Å². The number of allylic oxidation sites excluding steroid dienone is 4. The average molecular weight is 447 g/mol. The lowest BCUT2D eigenvalue weighted by Gasteiger charge is -2.23. The molecule has 0 bridgehead atoms. The Labute approximate surface area is 194 Å². The van der Waals surface area contributed by atoms with E-state index < -0.39 is 5.97 Å². The van der Waals surface area contributed by atoms with Crippen molar-refractivity contribution in [2.45, 2.75) is 26.2 Å². The molecule has 2 N–H and O–H groups in total. The molecule has 2 aliphatic carbocycles. The molecular weight excluding hydrogens is 416 g/mol. The van der Waals surface area contributed by atoms with Gasteiger partial charge in [-0.25, -0.2) is 4.98 Å². The van der Waals surface area contributed by atoms with Gasteiger partial charge in [0.2, 0.25) is 0 Å². The molecule has 2 unspecified atom stereocenters. The number of anilines is 1. The molecule has 1 aromatic heterocycles. The number of ether oxygens (including phenoxy) is 2. The van der Waals surface area contributed by atoms with Crippen LogP contribution in [0.4, 0.5) is 5.82 Å². The highest BCUT2D eigenvalue weighted by Gasteiger charge is 2.26. The van der Waals surface area contributed by atoms with Gasteiger partial charge in [-0.2, -0.15) is 0 Å². The molecular formula is C27H30N2O4. The van der Waals surface area contributed by atoms with Gasteiger partial charge in [0.15, 0.2) is 0 Å². The predicted octanol–water partition coefficient (Wildman–Crippen LogP) is 5.10. The van der Waals surface area contributed by atoms with Crippen LogP contribution in [0, 0.1) is 11.8 Å². The van der Waals surface area contributed by atoms with Crippen LogP contribution < -0.4 is 10.1 Å². The number of fused-ring (bicyclic) bond motifs is 2. The van der Waals surface area contributed by atoms with Crippen molar-refractivity contribution in [3.63, 3.8) is 0 Å². The van der Waals surface area contributed by atoms with Gasteiger partial charge >= 0.3 is 5.97 Å². The first-order valence-corrected chi connectivity index (χ1v) is 11.5. The first kappa shape index (κ1) is 22.6. The van der Waals surface area contributed by atoms with Crippen LogP contribution in [0.1, 0.15) is 30.9 Å². The van der Waals surface area contributed by atoms with E-state index in [1.807, 2.05) is 43.3 Å². The molecule has 172 valence electrons. The highest BCUT2D eigenvalue weighted by molar-refractivity contribution is 5.85. The minimum absolute atomic E-state index is 0.0382. The quantitative estimate of drug-likeness (QED) is 0.494. The van der Waals surface area contributed by atoms with Crippen molar-refractivity contribution in [3.8, 4) is 5.75 Å². The van der Waals surface area contributed by atoms with Crippen molar-refractivity contribution >= 4 is 17.4 Å². The molecule has 0 fully saturated rings. The summed E-state index contributed by atoms with van der Waals surface area (Å²) >= 11 is 0. The lowest BCUT2D eigenvalue weighted by atomic mass is 9.84. The van der Waals surface area contributed by atoms with Crippen LogP contribution in [-0.4, -0.2) is 35.8 Å². The van der Waals surface area contributed by atoms with E-state index in [1.54, 1.807) is 6.20 Å². The maximum atomic E-state index is 11.4. The third-order valence-electron chi connectivity index (χ3n) is 5.85. The maximum absolute atomic E-state index is 11.4. The SMILES string of the molecule is CCOc1ccnc(NCCCOC2=CC3Cc4ccccc4C(CC(=O)O)=CC3C=C2)c1. The van der Waals surface area contributed by atoms with Crippen LogP contribution >= 0.6 is 0 Å². The summed E-state index contributed by atoms with van der Waals surface area (Å²) in [5, 5.41) is 12.7. The second-order valence-corrected chi connectivity index (χ2v) is 8.23. The zero-order valence-corrected chi connectivity index (χ0v) is 18.9. The number of hydrogen-bond acceptors (Lipinski definition) is 5. The molecule has 1 aromatic carbocycles. The van der Waals surface area contributed by atoms with Crippen molar-refractivity contribution in [3.05, 3.63) is 83.8 Å². The van der Waals surface area contributed by atoms with Crippen molar-refractivity contribution in [2.75, 3.05) is 25.1 Å². The van der Waals surface area contributed by atoms with Crippen LogP contribution in [0.15, 0.2) is 72.7 Å². The van der Waals surface area contributed by atoms with Crippen LogP contribution in [0.3, 0.4) is 0 Å². The van der Waals surface area contributed by atoms with Gasteiger partial charge in [0, 0.05) is 24.7 Å². The minimum Gasteiger partial charge on any atom is -0.494 e. The summed E-state index contributed by atoms with van der Waals surface area (Å²) in [6.07, 6.45) is 11.9. The monoisotopic (exact) mass is 446 g/mol. The molecule has 4 rings (SSSR count). The summed E-state index contributed by atoms with van der Waals surface area (Å²) in [6.45, 7) is 3.94. The van der Waals surface area contributed by atoms with Crippen molar-refractivity contribution < 1.29 is 19.4 Å². The molecule has 0 amide bonds. The van der Waals surface area contributed by atoms with Gasteiger partial charge in [-0.15, -0.1) is 0 Å². The Bertz CT molecular complexity index is 1070. The molecule has 2 atom stereocenters. The summed E-state index contributed by atoms with van der Waals surface area (Å²) in [5.74, 6) is 2.10. The number of nitrogens with one attached hydrogen (secondary N) is 1. The normalized spacial score (nSPS) is 18.8. The highest BCUT2D eigenvalue weighted by Crippen LogP contribution is 2.37. The summed E-state index contributed by atoms with van der Waals surface area (Å²) in [5.41, 5.74) is 3.13. The van der Waals surface area contributed by atoms with E-state index in [-0.39, 0.29) is 18.3 Å². The number of pyridine rings is 1. The number of rotatable bonds is 10. The van der Waals surface area contributed by atoms with E-state index in [0.29, 0.717) is 13.2 Å². The Morgan fingerprint density at radius 1 is 1.21 bits per heavy atom. The zero-order chi connectivity index (χ0) is 23.0. The Hall–Kier alpha value is -3.54. The third kappa shape index (κ3) is 6.04. The molecule has 6 nitrogen and oxygen atoms in total. The molecule has 0 radical (unpaired) electrons. The third-order valence-corrected chi connectivity index (χ3v) is 5.85. The van der Waals surface area contributed by atoms with Crippen LogP contribution in [0.25, 0.3) is 5.57 Å². The van der Waals surface area contributed by atoms with Gasteiger partial charge in [-0.3, -0.25) is 4.79 Å². The van der Waals surface area contributed by atoms with Gasteiger partial charge in [0.1, 0.15) is 17.3 Å². The standard InChI is InChI=1S/C27H30N2O4/c1-2-32-24-10-12-29-26(18-24)28-11-5-13-33-23-9-8-19-14-22(17-27(30)31)25-7-4-3-6-20(25)15-21(19)16-23/h3-4,6-10,12,14,16,18-19,21H,2,5,11,13,15,17H2,1H3,(H,28,29)(H,30,31). The number of carboxylic acids is 1. The number of carbonyl (C=O) groups is 1. The topological polar surface area (TPSA) is 80.7 Å². The second-order valence-electron chi connectivity index (χ2n) is 8.23. The van der Waals surface area contributed by atoms with Crippen LogP contribution in [-0.2, 0) is 16.0 Å². The number of hydrogen-bond donors (Lipinski definition) is 2. The largest absolute Gasteiger partial charge is 0.494 e. The summed E-state index contributed by atoms with van der Waals surface area (Å²) < 4.78 is 11.5. The molecule has 6 heteroatoms. The molecule has 2 aliphatic rings. The Morgan fingerprint density at radius 3 is 2.94 bits per heavy atom. The summed E-state index contributed by atoms with van der Waals surface area (Å²) in [4.78, 5) is 15.7. The van der Waals surface area contributed by atoms with Crippen molar-refractivity contribution in [1.82, 2.24) is 4.98 Å². The molecule has 2 aromatic rings. The van der Waals surface area contributed by atoms with E-state index in [1.165, 1.54) is 5.56 Å². The van der Waals surface area contributed by atoms with E-state index in [0.717, 1.165) is 47.8 Å². The number of carboxylic acid groups (broad SMARTS) is 1. The Kier molecular flexibility index (Phi) is 7.45.